The first-order chi connectivity index (χ1) is 16.6. The number of hydrogen-bond acceptors (Lipinski definition) is 4. The number of methoxy groups -OCH3 is 1. The molecule has 0 saturated heterocycles. The predicted molar refractivity (Wildman–Crippen MR) is 133 cm³/mol. The molecule has 0 aliphatic heterocycles. The highest BCUT2D eigenvalue weighted by atomic mass is 16.5. The smallest absolute Gasteiger partial charge is 0.254 e. The molecule has 6 heteroatoms. The Morgan fingerprint density at radius 2 is 1.62 bits per heavy atom. The molecular formula is C28H29N3O3. The minimum atomic E-state index is -0.0609. The van der Waals surface area contributed by atoms with Crippen LogP contribution < -0.4 is 9.47 Å². The van der Waals surface area contributed by atoms with Crippen molar-refractivity contribution in [3.63, 3.8) is 0 Å². The van der Waals surface area contributed by atoms with E-state index >= 15 is 0 Å². The second-order valence-electron chi connectivity index (χ2n) is 8.00. The molecule has 0 bridgehead atoms. The van der Waals surface area contributed by atoms with E-state index in [1.807, 2.05) is 90.8 Å². The molecule has 0 radical (unpaired) electrons. The maximum atomic E-state index is 13.5. The van der Waals surface area contributed by atoms with Crippen molar-refractivity contribution in [2.24, 2.45) is 7.05 Å². The number of para-hydroxylation sites is 1. The molecule has 1 aromatic heterocycles. The zero-order valence-electron chi connectivity index (χ0n) is 19.8. The van der Waals surface area contributed by atoms with E-state index in [0.29, 0.717) is 36.0 Å². The number of carbonyl (C=O) groups is 1. The molecule has 0 spiro atoms. The predicted octanol–water partition coefficient (Wildman–Crippen LogP) is 5.94. The van der Waals surface area contributed by atoms with E-state index in [1.165, 1.54) is 0 Å². The molecule has 0 fully saturated rings. The number of carbonyl (C=O) groups excluding carboxylic acids is 1. The van der Waals surface area contributed by atoms with E-state index in [2.05, 4.69) is 6.92 Å². The topological polar surface area (TPSA) is 56.6 Å². The lowest BCUT2D eigenvalue weighted by atomic mass is 10.1. The fraction of sp³-hybridized carbons (Fsp3) is 0.214. The highest BCUT2D eigenvalue weighted by Crippen LogP contribution is 2.34. The molecule has 6 nitrogen and oxygen atoms in total. The van der Waals surface area contributed by atoms with Gasteiger partial charge in [-0.1, -0.05) is 61.5 Å². The largest absolute Gasteiger partial charge is 0.497 e. The lowest BCUT2D eigenvalue weighted by molar-refractivity contribution is 0.0742. The summed E-state index contributed by atoms with van der Waals surface area (Å²) < 4.78 is 13.4. The molecule has 0 aliphatic rings. The number of nitrogens with zero attached hydrogens (tertiary/aromatic N) is 3. The Hall–Kier alpha value is -4.06. The summed E-state index contributed by atoms with van der Waals surface area (Å²) >= 11 is 0. The molecule has 4 aromatic rings. The highest BCUT2D eigenvalue weighted by Gasteiger charge is 2.25. The lowest BCUT2D eigenvalue weighted by Crippen LogP contribution is -2.31. The van der Waals surface area contributed by atoms with E-state index in [4.69, 9.17) is 14.6 Å². The Balaban J connectivity index is 1.75. The van der Waals surface area contributed by atoms with Gasteiger partial charge < -0.3 is 14.4 Å². The highest BCUT2D eigenvalue weighted by molar-refractivity contribution is 5.94. The Labute approximate surface area is 200 Å². The van der Waals surface area contributed by atoms with Crippen molar-refractivity contribution >= 4 is 5.91 Å². The van der Waals surface area contributed by atoms with Crippen molar-refractivity contribution in [2.45, 2.75) is 19.9 Å². The van der Waals surface area contributed by atoms with Crippen LogP contribution in [-0.2, 0) is 13.6 Å². The Kier molecular flexibility index (Phi) is 7.28. The van der Waals surface area contributed by atoms with Gasteiger partial charge in [0.2, 0.25) is 5.88 Å². The van der Waals surface area contributed by atoms with Gasteiger partial charge in [0.15, 0.2) is 0 Å². The minimum Gasteiger partial charge on any atom is -0.497 e. The standard InChI is InChI=1S/C28H29N3O3/c1-4-18-31(27(32)22-14-11-17-24(19-22)33-3)20-25-26(21-12-7-5-8-13-21)29-30(2)28(25)34-23-15-9-6-10-16-23/h5-17,19H,4,18,20H2,1-3H3. The first kappa shape index (κ1) is 23.1. The molecule has 1 heterocycles. The van der Waals surface area contributed by atoms with Gasteiger partial charge >= 0.3 is 0 Å². The quantitative estimate of drug-likeness (QED) is 0.313. The maximum Gasteiger partial charge on any atom is 0.254 e. The SMILES string of the molecule is CCCN(Cc1c(-c2ccccc2)nn(C)c1Oc1ccccc1)C(=O)c1cccc(OC)c1. The first-order valence-electron chi connectivity index (χ1n) is 11.4. The van der Waals surface area contributed by atoms with E-state index in [0.717, 1.165) is 23.2 Å². The zero-order chi connectivity index (χ0) is 23.9. The molecule has 34 heavy (non-hydrogen) atoms. The Morgan fingerprint density at radius 1 is 0.941 bits per heavy atom. The van der Waals surface area contributed by atoms with Crippen LogP contribution in [0.5, 0.6) is 17.4 Å². The molecule has 0 atom stereocenters. The third kappa shape index (κ3) is 5.12. The number of hydrogen-bond donors (Lipinski definition) is 0. The summed E-state index contributed by atoms with van der Waals surface area (Å²) in [6.07, 6.45) is 0.825. The van der Waals surface area contributed by atoms with Crippen LogP contribution >= 0.6 is 0 Å². The lowest BCUT2D eigenvalue weighted by Gasteiger charge is -2.23. The summed E-state index contributed by atoms with van der Waals surface area (Å²) in [6, 6.07) is 26.9. The van der Waals surface area contributed by atoms with Gasteiger partial charge in [0.1, 0.15) is 17.2 Å². The second kappa shape index (κ2) is 10.7. The number of ether oxygens (including phenoxy) is 2. The van der Waals surface area contributed by atoms with Crippen LogP contribution in [0.1, 0.15) is 29.3 Å². The van der Waals surface area contributed by atoms with Crippen molar-refractivity contribution in [3.05, 3.63) is 96.1 Å². The van der Waals surface area contributed by atoms with Crippen LogP contribution in [0.15, 0.2) is 84.9 Å². The molecule has 1 amide bonds. The average Bonchev–Trinajstić information content (AvgIpc) is 3.19. The maximum absolute atomic E-state index is 13.5. The van der Waals surface area contributed by atoms with Gasteiger partial charge in [-0.05, 0) is 36.8 Å². The van der Waals surface area contributed by atoms with Crippen LogP contribution in [0, 0.1) is 0 Å². The van der Waals surface area contributed by atoms with Crippen LogP contribution in [0.4, 0.5) is 0 Å². The number of amides is 1. The van der Waals surface area contributed by atoms with E-state index in [-0.39, 0.29) is 5.91 Å². The molecule has 0 unspecified atom stereocenters. The monoisotopic (exact) mass is 455 g/mol. The fourth-order valence-corrected chi connectivity index (χ4v) is 3.90. The first-order valence-corrected chi connectivity index (χ1v) is 11.4. The van der Waals surface area contributed by atoms with Gasteiger partial charge in [-0.2, -0.15) is 5.10 Å². The summed E-state index contributed by atoms with van der Waals surface area (Å²) in [5.41, 5.74) is 3.22. The average molecular weight is 456 g/mol. The van der Waals surface area contributed by atoms with Crippen LogP contribution in [0.3, 0.4) is 0 Å². The van der Waals surface area contributed by atoms with Crippen molar-refractivity contribution in [2.75, 3.05) is 13.7 Å². The fourth-order valence-electron chi connectivity index (χ4n) is 3.90. The summed E-state index contributed by atoms with van der Waals surface area (Å²) in [7, 11) is 3.46. The summed E-state index contributed by atoms with van der Waals surface area (Å²) in [4.78, 5) is 15.4. The third-order valence-electron chi connectivity index (χ3n) is 5.54. The van der Waals surface area contributed by atoms with Crippen LogP contribution in [0.2, 0.25) is 0 Å². The van der Waals surface area contributed by atoms with Gasteiger partial charge in [-0.3, -0.25) is 4.79 Å². The molecule has 174 valence electrons. The van der Waals surface area contributed by atoms with Crippen molar-refractivity contribution in [1.29, 1.82) is 0 Å². The van der Waals surface area contributed by atoms with E-state index in [9.17, 15) is 4.79 Å². The third-order valence-corrected chi connectivity index (χ3v) is 5.54. The molecular weight excluding hydrogens is 426 g/mol. The summed E-state index contributed by atoms with van der Waals surface area (Å²) in [5.74, 6) is 1.92. The van der Waals surface area contributed by atoms with Crippen molar-refractivity contribution < 1.29 is 14.3 Å². The number of rotatable bonds is 9. The number of benzene rings is 3. The Morgan fingerprint density at radius 3 is 2.29 bits per heavy atom. The van der Waals surface area contributed by atoms with E-state index < -0.39 is 0 Å². The van der Waals surface area contributed by atoms with Gasteiger partial charge in [-0.15, -0.1) is 0 Å². The second-order valence-corrected chi connectivity index (χ2v) is 8.00. The Bertz CT molecular complexity index is 1240. The van der Waals surface area contributed by atoms with Crippen molar-refractivity contribution in [3.8, 4) is 28.6 Å². The van der Waals surface area contributed by atoms with Gasteiger partial charge in [0, 0.05) is 24.7 Å². The van der Waals surface area contributed by atoms with Gasteiger partial charge in [0.25, 0.3) is 5.91 Å². The van der Waals surface area contributed by atoms with Crippen LogP contribution in [0.25, 0.3) is 11.3 Å². The molecule has 3 aromatic carbocycles. The minimum absolute atomic E-state index is 0.0609. The number of aryl methyl sites for hydroxylation is 1. The molecule has 0 N–H and O–H groups in total. The zero-order valence-corrected chi connectivity index (χ0v) is 19.8. The van der Waals surface area contributed by atoms with E-state index in [1.54, 1.807) is 17.9 Å². The summed E-state index contributed by atoms with van der Waals surface area (Å²) in [6.45, 7) is 3.03. The molecule has 0 saturated carbocycles. The van der Waals surface area contributed by atoms with Crippen molar-refractivity contribution in [1.82, 2.24) is 14.7 Å². The van der Waals surface area contributed by atoms with Crippen LogP contribution in [-0.4, -0.2) is 34.2 Å². The number of aromatic nitrogens is 2. The normalized spacial score (nSPS) is 10.7. The van der Waals surface area contributed by atoms with Gasteiger partial charge in [0.05, 0.1) is 19.2 Å². The molecule has 0 aliphatic carbocycles. The van der Waals surface area contributed by atoms with Gasteiger partial charge in [-0.25, -0.2) is 4.68 Å². The molecule has 4 rings (SSSR count). The summed E-state index contributed by atoms with van der Waals surface area (Å²) in [5, 5.41) is 4.78.